The van der Waals surface area contributed by atoms with Crippen LogP contribution in [0.5, 0.6) is 0 Å². The molecule has 1 aliphatic rings. The van der Waals surface area contributed by atoms with Crippen LogP contribution in [0.15, 0.2) is 11.8 Å². The Morgan fingerprint density at radius 1 is 1.39 bits per heavy atom. The molecule has 128 valence electrons. The molecule has 0 radical (unpaired) electrons. The van der Waals surface area contributed by atoms with Gasteiger partial charge in [-0.2, -0.15) is 5.26 Å². The molecule has 1 aliphatic heterocycles. The average molecular weight is 322 g/mol. The molecule has 7 nitrogen and oxygen atoms in total. The highest BCUT2D eigenvalue weighted by Gasteiger charge is 2.26. The molecule has 2 N–H and O–H groups in total. The monoisotopic (exact) mass is 322 g/mol. The first-order chi connectivity index (χ1) is 10.8. The van der Waals surface area contributed by atoms with E-state index in [2.05, 4.69) is 10.2 Å². The Hall–Kier alpha value is -2.07. The number of amides is 1. The second-order valence-electron chi connectivity index (χ2n) is 6.35. The van der Waals surface area contributed by atoms with E-state index in [9.17, 15) is 14.9 Å². The molecule has 0 aromatic rings. The molecule has 0 aliphatic carbocycles. The zero-order chi connectivity index (χ0) is 17.6. The predicted molar refractivity (Wildman–Crippen MR) is 86.4 cm³/mol. The SMILES string of the molecule is CC(C)C(N/C=C(/C#N)C(=O)N(C)C1CCN(C)CC1)C(=O)O. The van der Waals surface area contributed by atoms with Crippen molar-refractivity contribution in [1.82, 2.24) is 15.1 Å². The molecule has 0 aromatic carbocycles. The first-order valence-electron chi connectivity index (χ1n) is 7.82. The van der Waals surface area contributed by atoms with Crippen molar-refractivity contribution in [3.8, 4) is 6.07 Å². The normalized spacial score (nSPS) is 18.3. The smallest absolute Gasteiger partial charge is 0.326 e. The van der Waals surface area contributed by atoms with E-state index in [0.717, 1.165) is 25.9 Å². The van der Waals surface area contributed by atoms with Crippen molar-refractivity contribution in [3.05, 3.63) is 11.8 Å². The van der Waals surface area contributed by atoms with Crippen LogP contribution >= 0.6 is 0 Å². The second-order valence-corrected chi connectivity index (χ2v) is 6.35. The fourth-order valence-corrected chi connectivity index (χ4v) is 2.60. The van der Waals surface area contributed by atoms with E-state index < -0.39 is 12.0 Å². The van der Waals surface area contributed by atoms with Gasteiger partial charge in [-0.15, -0.1) is 0 Å². The minimum Gasteiger partial charge on any atom is -0.480 e. The van der Waals surface area contributed by atoms with Crippen molar-refractivity contribution in [3.63, 3.8) is 0 Å². The van der Waals surface area contributed by atoms with E-state index in [1.807, 2.05) is 13.1 Å². The van der Waals surface area contributed by atoms with Gasteiger partial charge in [0.15, 0.2) is 0 Å². The quantitative estimate of drug-likeness (QED) is 0.550. The van der Waals surface area contributed by atoms with Crippen molar-refractivity contribution in [1.29, 1.82) is 5.26 Å². The Bertz CT molecular complexity index is 502. The molecule has 23 heavy (non-hydrogen) atoms. The number of nitrogens with zero attached hydrogens (tertiary/aromatic N) is 3. The van der Waals surface area contributed by atoms with E-state index in [4.69, 9.17) is 5.11 Å². The van der Waals surface area contributed by atoms with Crippen molar-refractivity contribution in [2.75, 3.05) is 27.2 Å². The summed E-state index contributed by atoms with van der Waals surface area (Å²) in [6.45, 7) is 5.36. The summed E-state index contributed by atoms with van der Waals surface area (Å²) in [5, 5.41) is 21.0. The highest BCUT2D eigenvalue weighted by atomic mass is 16.4. The summed E-state index contributed by atoms with van der Waals surface area (Å²) >= 11 is 0. The number of carboxylic acid groups (broad SMARTS) is 1. The summed E-state index contributed by atoms with van der Waals surface area (Å²) < 4.78 is 0. The van der Waals surface area contributed by atoms with Gasteiger partial charge in [0, 0.05) is 19.3 Å². The summed E-state index contributed by atoms with van der Waals surface area (Å²) in [5.74, 6) is -1.54. The molecule has 1 fully saturated rings. The Kier molecular flexibility index (Phi) is 7.04. The lowest BCUT2D eigenvalue weighted by Crippen LogP contribution is -2.45. The van der Waals surface area contributed by atoms with E-state index in [1.54, 1.807) is 25.8 Å². The third kappa shape index (κ3) is 5.25. The predicted octanol–water partition coefficient (Wildman–Crippen LogP) is 0.645. The Balaban J connectivity index is 2.76. The van der Waals surface area contributed by atoms with E-state index in [0.29, 0.717) is 0 Å². The number of likely N-dealkylation sites (N-methyl/N-ethyl adjacent to an activating group) is 1. The third-order valence-electron chi connectivity index (χ3n) is 4.25. The number of hydrogen-bond acceptors (Lipinski definition) is 5. The fraction of sp³-hybridized carbons (Fsp3) is 0.688. The van der Waals surface area contributed by atoms with E-state index in [1.165, 1.54) is 6.20 Å². The van der Waals surface area contributed by atoms with Gasteiger partial charge in [-0.1, -0.05) is 13.8 Å². The molecule has 1 amide bonds. The molecule has 7 heteroatoms. The Labute approximate surface area is 137 Å². The lowest BCUT2D eigenvalue weighted by Gasteiger charge is -2.35. The number of likely N-dealkylation sites (tertiary alicyclic amines) is 1. The molecular formula is C16H26N4O3. The molecule has 0 saturated carbocycles. The molecule has 1 unspecified atom stereocenters. The van der Waals surface area contributed by atoms with Crippen LogP contribution in [0, 0.1) is 17.2 Å². The average Bonchev–Trinajstić information content (AvgIpc) is 2.50. The Morgan fingerprint density at radius 3 is 2.39 bits per heavy atom. The summed E-state index contributed by atoms with van der Waals surface area (Å²) in [6, 6.07) is 1.14. The largest absolute Gasteiger partial charge is 0.480 e. The molecule has 1 heterocycles. The minimum absolute atomic E-state index is 0.0710. The fourth-order valence-electron chi connectivity index (χ4n) is 2.60. The van der Waals surface area contributed by atoms with Crippen LogP contribution < -0.4 is 5.32 Å². The Morgan fingerprint density at radius 2 is 1.96 bits per heavy atom. The van der Waals surface area contributed by atoms with Crippen LogP contribution in [-0.4, -0.2) is 66.1 Å². The van der Waals surface area contributed by atoms with Gasteiger partial charge >= 0.3 is 5.97 Å². The maximum atomic E-state index is 12.4. The van der Waals surface area contributed by atoms with Crippen molar-refractivity contribution in [2.45, 2.75) is 38.8 Å². The van der Waals surface area contributed by atoms with Crippen LogP contribution in [0.4, 0.5) is 0 Å². The van der Waals surface area contributed by atoms with Gasteiger partial charge in [0.05, 0.1) is 0 Å². The number of piperidine rings is 1. The molecule has 0 aromatic heterocycles. The third-order valence-corrected chi connectivity index (χ3v) is 4.25. The van der Waals surface area contributed by atoms with Gasteiger partial charge in [0.1, 0.15) is 17.7 Å². The molecular weight excluding hydrogens is 296 g/mol. The van der Waals surface area contributed by atoms with Gasteiger partial charge in [0.25, 0.3) is 5.91 Å². The van der Waals surface area contributed by atoms with Gasteiger partial charge in [0.2, 0.25) is 0 Å². The van der Waals surface area contributed by atoms with Crippen molar-refractivity contribution in [2.24, 2.45) is 5.92 Å². The maximum Gasteiger partial charge on any atom is 0.326 e. The second kappa shape index (κ2) is 8.53. The first kappa shape index (κ1) is 19.0. The number of nitrogens with one attached hydrogen (secondary N) is 1. The number of rotatable bonds is 6. The molecule has 0 bridgehead atoms. The lowest BCUT2D eigenvalue weighted by atomic mass is 10.0. The van der Waals surface area contributed by atoms with Crippen LogP contribution in [0.1, 0.15) is 26.7 Å². The van der Waals surface area contributed by atoms with Crippen molar-refractivity contribution < 1.29 is 14.7 Å². The molecule has 1 rings (SSSR count). The summed E-state index contributed by atoms with van der Waals surface area (Å²) in [4.78, 5) is 27.4. The summed E-state index contributed by atoms with van der Waals surface area (Å²) in [7, 11) is 3.74. The summed E-state index contributed by atoms with van der Waals surface area (Å²) in [6.07, 6.45) is 2.97. The van der Waals surface area contributed by atoms with Gasteiger partial charge < -0.3 is 20.2 Å². The molecule has 0 spiro atoms. The van der Waals surface area contributed by atoms with Crippen molar-refractivity contribution >= 4 is 11.9 Å². The zero-order valence-electron chi connectivity index (χ0n) is 14.2. The zero-order valence-corrected chi connectivity index (χ0v) is 14.2. The lowest BCUT2D eigenvalue weighted by molar-refractivity contribution is -0.140. The topological polar surface area (TPSA) is 96.7 Å². The highest BCUT2D eigenvalue weighted by Crippen LogP contribution is 2.16. The van der Waals surface area contributed by atoms with Gasteiger partial charge in [-0.05, 0) is 38.9 Å². The molecule has 1 atom stereocenters. The highest BCUT2D eigenvalue weighted by molar-refractivity contribution is 5.97. The number of carbonyl (C=O) groups excluding carboxylic acids is 1. The number of nitriles is 1. The van der Waals surface area contributed by atoms with Crippen LogP contribution in [0.2, 0.25) is 0 Å². The maximum absolute atomic E-state index is 12.4. The van der Waals surface area contributed by atoms with Gasteiger partial charge in [-0.25, -0.2) is 4.79 Å². The standard InChI is InChI=1S/C16H26N4O3/c1-11(2)14(16(22)23)18-10-12(9-17)15(21)20(4)13-5-7-19(3)8-6-13/h10-11,13-14,18H,5-8H2,1-4H3,(H,22,23)/b12-10-. The first-order valence-corrected chi connectivity index (χ1v) is 7.82. The van der Waals surface area contributed by atoms with Crippen LogP contribution in [0.25, 0.3) is 0 Å². The summed E-state index contributed by atoms with van der Waals surface area (Å²) in [5.41, 5.74) is -0.0710. The number of aliphatic carboxylic acids is 1. The minimum atomic E-state index is -1.01. The number of carboxylic acids is 1. The molecule has 1 saturated heterocycles. The van der Waals surface area contributed by atoms with Crippen LogP contribution in [0.3, 0.4) is 0 Å². The van der Waals surface area contributed by atoms with Gasteiger partial charge in [-0.3, -0.25) is 4.79 Å². The van der Waals surface area contributed by atoms with E-state index in [-0.39, 0.29) is 23.4 Å². The number of hydrogen-bond donors (Lipinski definition) is 2. The van der Waals surface area contributed by atoms with Crippen LogP contribution in [-0.2, 0) is 9.59 Å². The number of carbonyl (C=O) groups is 2. The van der Waals surface area contributed by atoms with E-state index >= 15 is 0 Å².